The maximum atomic E-state index is 12.2. The fourth-order valence-electron chi connectivity index (χ4n) is 3.13. The van der Waals surface area contributed by atoms with Crippen LogP contribution < -0.4 is 15.4 Å². The quantitative estimate of drug-likeness (QED) is 0.684. The molecule has 1 fully saturated rings. The third kappa shape index (κ3) is 5.75. The predicted molar refractivity (Wildman–Crippen MR) is 107 cm³/mol. The number of carbonyl (C=O) groups is 1. The molecule has 1 aliphatic heterocycles. The third-order valence-corrected chi connectivity index (χ3v) is 5.63. The first-order chi connectivity index (χ1) is 13.4. The molecule has 0 atom stereocenters. The summed E-state index contributed by atoms with van der Waals surface area (Å²) in [5.74, 6) is 0.965. The van der Waals surface area contributed by atoms with Crippen molar-refractivity contribution in [3.8, 4) is 0 Å². The highest BCUT2D eigenvalue weighted by molar-refractivity contribution is 7.89. The number of primary sulfonamides is 1. The number of carbonyl (C=O) groups excluding carboxylic acids is 1. The second kappa shape index (κ2) is 9.13. The van der Waals surface area contributed by atoms with Crippen molar-refractivity contribution < 1.29 is 13.2 Å². The highest BCUT2D eigenvalue weighted by Gasteiger charge is 2.19. The molecule has 0 spiro atoms. The van der Waals surface area contributed by atoms with Crippen molar-refractivity contribution in [3.05, 3.63) is 54.2 Å². The summed E-state index contributed by atoms with van der Waals surface area (Å²) in [6, 6.07) is 12.3. The molecule has 3 rings (SSSR count). The van der Waals surface area contributed by atoms with Gasteiger partial charge < -0.3 is 10.2 Å². The molecule has 1 aromatic heterocycles. The first kappa shape index (κ1) is 20.2. The zero-order chi connectivity index (χ0) is 20.0. The maximum absolute atomic E-state index is 12.2. The van der Waals surface area contributed by atoms with Gasteiger partial charge in [0, 0.05) is 38.9 Å². The van der Waals surface area contributed by atoms with Crippen molar-refractivity contribution in [2.75, 3.05) is 44.2 Å². The first-order valence-electron chi connectivity index (χ1n) is 9.18. The summed E-state index contributed by atoms with van der Waals surface area (Å²) in [5, 5.41) is 8.00. The van der Waals surface area contributed by atoms with Gasteiger partial charge in [-0.25, -0.2) is 18.5 Å². The maximum Gasteiger partial charge on any atom is 0.238 e. The van der Waals surface area contributed by atoms with Crippen LogP contribution in [0, 0.1) is 0 Å². The molecule has 9 heteroatoms. The summed E-state index contributed by atoms with van der Waals surface area (Å²) in [6.07, 6.45) is 2.42. The summed E-state index contributed by atoms with van der Waals surface area (Å²) >= 11 is 0. The van der Waals surface area contributed by atoms with Gasteiger partial charge in [-0.15, -0.1) is 0 Å². The van der Waals surface area contributed by atoms with E-state index in [1.807, 2.05) is 18.2 Å². The Morgan fingerprint density at radius 3 is 2.39 bits per heavy atom. The Bertz CT molecular complexity index is 880. The molecule has 2 heterocycles. The van der Waals surface area contributed by atoms with E-state index < -0.39 is 10.0 Å². The second-order valence-corrected chi connectivity index (χ2v) is 8.30. The van der Waals surface area contributed by atoms with Gasteiger partial charge in [-0.2, -0.15) is 0 Å². The molecule has 1 amide bonds. The molecule has 0 bridgehead atoms. The molecule has 2 aromatic rings. The molecule has 3 N–H and O–H groups in total. The monoisotopic (exact) mass is 403 g/mol. The Hall–Kier alpha value is -2.49. The molecule has 150 valence electrons. The van der Waals surface area contributed by atoms with Crippen LogP contribution in [0.1, 0.15) is 5.56 Å². The number of pyridine rings is 1. The first-order valence-corrected chi connectivity index (χ1v) is 10.7. The van der Waals surface area contributed by atoms with Gasteiger partial charge in [-0.1, -0.05) is 18.2 Å². The molecule has 1 saturated heterocycles. The molecular formula is C19H25N5O3S. The van der Waals surface area contributed by atoms with Gasteiger partial charge in [0.2, 0.25) is 15.9 Å². The van der Waals surface area contributed by atoms with Crippen LogP contribution in [0.2, 0.25) is 0 Å². The normalized spacial score (nSPS) is 15.4. The van der Waals surface area contributed by atoms with Gasteiger partial charge in [0.15, 0.2) is 0 Å². The summed E-state index contributed by atoms with van der Waals surface area (Å²) in [7, 11) is -3.67. The predicted octanol–water partition coefficient (Wildman–Crippen LogP) is 0.210. The SMILES string of the molecule is NS(=O)(=O)c1ccc(CCNC(=O)CN2CCN(c3ccccn3)CC2)cc1. The number of sulfonamides is 1. The van der Waals surface area contributed by atoms with Crippen molar-refractivity contribution in [2.45, 2.75) is 11.3 Å². The lowest BCUT2D eigenvalue weighted by Crippen LogP contribution is -2.49. The van der Waals surface area contributed by atoms with Gasteiger partial charge in [0.25, 0.3) is 0 Å². The number of benzene rings is 1. The lowest BCUT2D eigenvalue weighted by molar-refractivity contribution is -0.122. The number of nitrogens with zero attached hydrogens (tertiary/aromatic N) is 3. The summed E-state index contributed by atoms with van der Waals surface area (Å²) in [4.78, 5) is 21.0. The number of anilines is 1. The minimum atomic E-state index is -3.67. The minimum absolute atomic E-state index is 0.00700. The Labute approximate surface area is 165 Å². The largest absolute Gasteiger partial charge is 0.355 e. The number of nitrogens with one attached hydrogen (secondary N) is 1. The number of rotatable bonds is 7. The Kier molecular flexibility index (Phi) is 6.61. The van der Waals surface area contributed by atoms with Crippen molar-refractivity contribution in [1.29, 1.82) is 0 Å². The van der Waals surface area contributed by atoms with Crippen molar-refractivity contribution in [3.63, 3.8) is 0 Å². The van der Waals surface area contributed by atoms with E-state index in [0.29, 0.717) is 19.5 Å². The van der Waals surface area contributed by atoms with Crippen molar-refractivity contribution in [1.82, 2.24) is 15.2 Å². The zero-order valence-electron chi connectivity index (χ0n) is 15.6. The Morgan fingerprint density at radius 1 is 1.07 bits per heavy atom. The summed E-state index contributed by atoms with van der Waals surface area (Å²) < 4.78 is 22.5. The molecule has 0 aliphatic carbocycles. The van der Waals surface area contributed by atoms with Crippen molar-refractivity contribution in [2.24, 2.45) is 5.14 Å². The van der Waals surface area contributed by atoms with E-state index in [-0.39, 0.29) is 10.8 Å². The van der Waals surface area contributed by atoms with Gasteiger partial charge in [-0.3, -0.25) is 9.69 Å². The number of nitrogens with two attached hydrogens (primary N) is 1. The Balaban J connectivity index is 1.37. The van der Waals surface area contributed by atoms with Crippen LogP contribution in [-0.4, -0.2) is 63.5 Å². The lowest BCUT2D eigenvalue weighted by Gasteiger charge is -2.34. The molecular weight excluding hydrogens is 378 g/mol. The summed E-state index contributed by atoms with van der Waals surface area (Å²) in [5.41, 5.74) is 0.941. The lowest BCUT2D eigenvalue weighted by atomic mass is 10.1. The van der Waals surface area contributed by atoms with E-state index in [2.05, 4.69) is 20.1 Å². The van der Waals surface area contributed by atoms with Gasteiger partial charge in [-0.05, 0) is 36.2 Å². The molecule has 8 nitrogen and oxygen atoms in total. The second-order valence-electron chi connectivity index (χ2n) is 6.74. The molecule has 1 aliphatic rings. The smallest absolute Gasteiger partial charge is 0.238 e. The van der Waals surface area contributed by atoms with Crippen LogP contribution in [-0.2, 0) is 21.2 Å². The van der Waals surface area contributed by atoms with Gasteiger partial charge in [0.05, 0.1) is 11.4 Å². The van der Waals surface area contributed by atoms with Gasteiger partial charge >= 0.3 is 0 Å². The number of amides is 1. The number of aromatic nitrogens is 1. The van der Waals surface area contributed by atoms with E-state index in [4.69, 9.17) is 5.14 Å². The number of hydrogen-bond acceptors (Lipinski definition) is 6. The zero-order valence-corrected chi connectivity index (χ0v) is 16.4. The minimum Gasteiger partial charge on any atom is -0.355 e. The van der Waals surface area contributed by atoms with E-state index in [1.165, 1.54) is 12.1 Å². The molecule has 28 heavy (non-hydrogen) atoms. The topological polar surface area (TPSA) is 109 Å². The number of piperazine rings is 1. The van der Waals surface area contributed by atoms with Crippen LogP contribution >= 0.6 is 0 Å². The molecule has 0 radical (unpaired) electrons. The van der Waals surface area contributed by atoms with E-state index in [1.54, 1.807) is 18.3 Å². The molecule has 0 unspecified atom stereocenters. The highest BCUT2D eigenvalue weighted by atomic mass is 32.2. The van der Waals surface area contributed by atoms with Crippen molar-refractivity contribution >= 4 is 21.7 Å². The molecule has 0 saturated carbocycles. The van der Waals surface area contributed by atoms with Crippen LogP contribution in [0.15, 0.2) is 53.6 Å². The van der Waals surface area contributed by atoms with E-state index in [9.17, 15) is 13.2 Å². The number of hydrogen-bond donors (Lipinski definition) is 2. The molecule has 1 aromatic carbocycles. The highest BCUT2D eigenvalue weighted by Crippen LogP contribution is 2.12. The standard InChI is InChI=1S/C19H25N5O3S/c20-28(26,27)17-6-4-16(5-7-17)8-10-22-19(25)15-23-11-13-24(14-12-23)18-3-1-2-9-21-18/h1-7,9H,8,10-15H2,(H,22,25)(H2,20,26,27). The van der Waals surface area contributed by atoms with Crippen LogP contribution in [0.25, 0.3) is 0 Å². The van der Waals surface area contributed by atoms with E-state index >= 15 is 0 Å². The average molecular weight is 404 g/mol. The fourth-order valence-corrected chi connectivity index (χ4v) is 3.64. The van der Waals surface area contributed by atoms with Crippen LogP contribution in [0.4, 0.5) is 5.82 Å². The average Bonchev–Trinajstić information content (AvgIpc) is 2.69. The fraction of sp³-hybridized carbons (Fsp3) is 0.368. The summed E-state index contributed by atoms with van der Waals surface area (Å²) in [6.45, 7) is 4.21. The Morgan fingerprint density at radius 2 is 1.79 bits per heavy atom. The van der Waals surface area contributed by atoms with E-state index in [0.717, 1.165) is 37.6 Å². The van der Waals surface area contributed by atoms with Crippen LogP contribution in [0.5, 0.6) is 0 Å². The van der Waals surface area contributed by atoms with Crippen LogP contribution in [0.3, 0.4) is 0 Å². The van der Waals surface area contributed by atoms with Gasteiger partial charge in [0.1, 0.15) is 5.82 Å². The third-order valence-electron chi connectivity index (χ3n) is 4.70.